The van der Waals surface area contributed by atoms with Crippen LogP contribution in [-0.4, -0.2) is 17.6 Å². The fourth-order valence-corrected chi connectivity index (χ4v) is 1.74. The first-order chi connectivity index (χ1) is 6.60. The number of nitrogens with two attached hydrogens (primary N) is 1. The van der Waals surface area contributed by atoms with Gasteiger partial charge in [-0.3, -0.25) is 4.79 Å². The highest BCUT2D eigenvalue weighted by molar-refractivity contribution is 5.85. The number of carbonyl (C=O) groups excluding carboxylic acids is 1. The highest BCUT2D eigenvalue weighted by atomic mass is 35.5. The first-order valence-corrected chi connectivity index (χ1v) is 4.92. The Bertz CT molecular complexity index is 276. The maximum absolute atomic E-state index is 11.0. The summed E-state index contributed by atoms with van der Waals surface area (Å²) >= 11 is 0. The van der Waals surface area contributed by atoms with Gasteiger partial charge < -0.3 is 10.5 Å². The Balaban J connectivity index is 0.00000196. The molecule has 0 fully saturated rings. The maximum atomic E-state index is 11.0. The summed E-state index contributed by atoms with van der Waals surface area (Å²) < 4.78 is 5.33. The van der Waals surface area contributed by atoms with E-state index in [4.69, 9.17) is 10.5 Å². The van der Waals surface area contributed by atoms with Crippen molar-refractivity contribution in [1.29, 1.82) is 0 Å². The highest BCUT2D eigenvalue weighted by Crippen LogP contribution is 2.27. The van der Waals surface area contributed by atoms with Crippen molar-refractivity contribution in [3.8, 4) is 0 Å². The first kappa shape index (κ1) is 14.2. The molecule has 0 saturated carbocycles. The molecule has 0 aromatic heterocycles. The number of hydrogen-bond acceptors (Lipinski definition) is 3. The molecule has 3 nitrogen and oxygen atoms in total. The normalized spacial score (nSPS) is 28.3. The van der Waals surface area contributed by atoms with Gasteiger partial charge in [0, 0.05) is 6.92 Å². The van der Waals surface area contributed by atoms with Crippen molar-refractivity contribution in [2.24, 2.45) is 5.73 Å². The molecule has 2 N–H and O–H groups in total. The Hall–Kier alpha value is -0.800. The molecular formula is C11H18ClNO2. The number of rotatable bonds is 3. The van der Waals surface area contributed by atoms with Gasteiger partial charge >= 0.3 is 5.97 Å². The van der Waals surface area contributed by atoms with Crippen LogP contribution in [0.25, 0.3) is 0 Å². The van der Waals surface area contributed by atoms with E-state index >= 15 is 0 Å². The van der Waals surface area contributed by atoms with Gasteiger partial charge in [-0.05, 0) is 12.5 Å². The van der Waals surface area contributed by atoms with Crippen molar-refractivity contribution in [3.63, 3.8) is 0 Å². The van der Waals surface area contributed by atoms with Crippen LogP contribution < -0.4 is 5.73 Å². The Morgan fingerprint density at radius 2 is 2.20 bits per heavy atom. The third kappa shape index (κ3) is 3.36. The topological polar surface area (TPSA) is 52.3 Å². The number of esters is 1. The van der Waals surface area contributed by atoms with Gasteiger partial charge in [-0.1, -0.05) is 31.6 Å². The van der Waals surface area contributed by atoms with E-state index in [0.29, 0.717) is 0 Å². The van der Waals surface area contributed by atoms with E-state index in [0.717, 1.165) is 12.8 Å². The quantitative estimate of drug-likeness (QED) is 0.756. The Morgan fingerprint density at radius 1 is 1.53 bits per heavy atom. The van der Waals surface area contributed by atoms with E-state index in [1.165, 1.54) is 6.92 Å². The number of ether oxygens (including phenoxy) is 1. The number of hydrogen-bond donors (Lipinski definition) is 1. The predicted molar refractivity (Wildman–Crippen MR) is 62.9 cm³/mol. The molecule has 0 aromatic carbocycles. The van der Waals surface area contributed by atoms with Gasteiger partial charge in [0.1, 0.15) is 5.60 Å². The van der Waals surface area contributed by atoms with Crippen LogP contribution in [0.15, 0.2) is 24.3 Å². The largest absolute Gasteiger partial charge is 0.453 e. The van der Waals surface area contributed by atoms with Gasteiger partial charge in [-0.2, -0.15) is 0 Å². The first-order valence-electron chi connectivity index (χ1n) is 4.92. The van der Waals surface area contributed by atoms with E-state index in [-0.39, 0.29) is 24.4 Å². The van der Waals surface area contributed by atoms with Crippen LogP contribution in [-0.2, 0) is 9.53 Å². The van der Waals surface area contributed by atoms with Gasteiger partial charge in [0.05, 0.1) is 6.04 Å². The third-order valence-corrected chi connectivity index (χ3v) is 2.35. The standard InChI is InChI=1S/C11H17NO2.ClH/c1-3-7-11(14-9(2)13)8-5-4-6-10(11)12;/h4-6,8,10H,3,7,12H2,1-2H3;1H. The predicted octanol–water partition coefficient (Wildman–Crippen LogP) is 1.96. The van der Waals surface area contributed by atoms with Crippen LogP contribution in [0.4, 0.5) is 0 Å². The van der Waals surface area contributed by atoms with E-state index in [1.807, 2.05) is 31.2 Å². The fraction of sp³-hybridized carbons (Fsp3) is 0.545. The van der Waals surface area contributed by atoms with Crippen molar-refractivity contribution in [2.45, 2.75) is 38.3 Å². The summed E-state index contributed by atoms with van der Waals surface area (Å²) in [7, 11) is 0. The second kappa shape index (κ2) is 5.93. The fourth-order valence-electron chi connectivity index (χ4n) is 1.74. The van der Waals surface area contributed by atoms with Gasteiger partial charge in [0.2, 0.25) is 0 Å². The molecule has 1 aliphatic rings. The van der Waals surface area contributed by atoms with Crippen LogP contribution in [0.5, 0.6) is 0 Å². The lowest BCUT2D eigenvalue weighted by atomic mass is 9.86. The van der Waals surface area contributed by atoms with Crippen molar-refractivity contribution in [1.82, 2.24) is 0 Å². The third-order valence-electron chi connectivity index (χ3n) is 2.35. The number of allylic oxidation sites excluding steroid dienone is 2. The molecule has 0 heterocycles. The monoisotopic (exact) mass is 231 g/mol. The van der Waals surface area contributed by atoms with Crippen LogP contribution in [0.2, 0.25) is 0 Å². The van der Waals surface area contributed by atoms with Gasteiger partial charge in [0.15, 0.2) is 0 Å². The second-order valence-electron chi connectivity index (χ2n) is 3.57. The Labute approximate surface area is 96.8 Å². The molecule has 2 unspecified atom stereocenters. The maximum Gasteiger partial charge on any atom is 0.303 e. The molecule has 0 amide bonds. The smallest absolute Gasteiger partial charge is 0.303 e. The summed E-state index contributed by atoms with van der Waals surface area (Å²) in [6.07, 6.45) is 9.18. The van der Waals surface area contributed by atoms with Crippen LogP contribution in [0.3, 0.4) is 0 Å². The van der Waals surface area contributed by atoms with Crippen LogP contribution >= 0.6 is 12.4 Å². The molecule has 0 saturated heterocycles. The average molecular weight is 232 g/mol. The molecule has 4 heteroatoms. The lowest BCUT2D eigenvalue weighted by Crippen LogP contribution is -2.49. The van der Waals surface area contributed by atoms with Crippen molar-refractivity contribution < 1.29 is 9.53 Å². The number of halogens is 1. The zero-order chi connectivity index (χ0) is 10.6. The zero-order valence-electron chi connectivity index (χ0n) is 9.10. The summed E-state index contributed by atoms with van der Waals surface area (Å²) in [4.78, 5) is 11.0. The summed E-state index contributed by atoms with van der Waals surface area (Å²) in [5, 5.41) is 0. The van der Waals surface area contributed by atoms with E-state index in [9.17, 15) is 4.79 Å². The lowest BCUT2D eigenvalue weighted by molar-refractivity contribution is -0.154. The van der Waals surface area contributed by atoms with E-state index in [2.05, 4.69) is 0 Å². The van der Waals surface area contributed by atoms with Gasteiger partial charge in [-0.25, -0.2) is 0 Å². The minimum atomic E-state index is -0.630. The van der Waals surface area contributed by atoms with Gasteiger partial charge in [0.25, 0.3) is 0 Å². The second-order valence-corrected chi connectivity index (χ2v) is 3.57. The Kier molecular flexibility index (Phi) is 5.61. The van der Waals surface area contributed by atoms with Crippen LogP contribution in [0.1, 0.15) is 26.7 Å². The molecule has 0 radical (unpaired) electrons. The van der Waals surface area contributed by atoms with Crippen molar-refractivity contribution in [2.75, 3.05) is 0 Å². The minimum Gasteiger partial charge on any atom is -0.453 e. The van der Waals surface area contributed by atoms with Gasteiger partial charge in [-0.15, -0.1) is 12.4 Å². The lowest BCUT2D eigenvalue weighted by Gasteiger charge is -2.35. The summed E-state index contributed by atoms with van der Waals surface area (Å²) in [6.45, 7) is 3.46. The summed E-state index contributed by atoms with van der Waals surface area (Å²) in [5.41, 5.74) is 5.30. The van der Waals surface area contributed by atoms with E-state index < -0.39 is 5.60 Å². The van der Waals surface area contributed by atoms with Crippen molar-refractivity contribution >= 4 is 18.4 Å². The van der Waals surface area contributed by atoms with Crippen LogP contribution in [0, 0.1) is 0 Å². The summed E-state index contributed by atoms with van der Waals surface area (Å²) in [5.74, 6) is -0.283. The molecule has 1 aliphatic carbocycles. The van der Waals surface area contributed by atoms with E-state index in [1.54, 1.807) is 0 Å². The highest BCUT2D eigenvalue weighted by Gasteiger charge is 2.36. The zero-order valence-corrected chi connectivity index (χ0v) is 9.92. The molecule has 15 heavy (non-hydrogen) atoms. The van der Waals surface area contributed by atoms with Crippen molar-refractivity contribution in [3.05, 3.63) is 24.3 Å². The molecule has 1 rings (SSSR count). The SMILES string of the molecule is CCCC1(OC(C)=O)C=CC=CC1N.Cl. The number of carbonyl (C=O) groups is 1. The Morgan fingerprint density at radius 3 is 2.67 bits per heavy atom. The molecule has 0 spiro atoms. The summed E-state index contributed by atoms with van der Waals surface area (Å²) in [6, 6.07) is -0.239. The molecule has 0 aromatic rings. The molecule has 86 valence electrons. The molecule has 2 atom stereocenters. The molecule has 0 aliphatic heterocycles. The molecular weight excluding hydrogens is 214 g/mol. The minimum absolute atomic E-state index is 0. The average Bonchev–Trinajstić information content (AvgIpc) is 2.09. The molecule has 0 bridgehead atoms.